The van der Waals surface area contributed by atoms with Crippen molar-refractivity contribution in [3.8, 4) is 6.07 Å². The van der Waals surface area contributed by atoms with E-state index in [1.54, 1.807) is 12.1 Å². The Labute approximate surface area is 141 Å². The minimum absolute atomic E-state index is 0.158. The van der Waals surface area contributed by atoms with Crippen LogP contribution in [0.4, 0.5) is 10.1 Å². The first-order valence-corrected chi connectivity index (χ1v) is 8.51. The number of anilines is 1. The van der Waals surface area contributed by atoms with E-state index < -0.39 is 0 Å². The van der Waals surface area contributed by atoms with Crippen LogP contribution < -0.4 is 4.90 Å². The summed E-state index contributed by atoms with van der Waals surface area (Å²) in [5.74, 6) is -0.224. The van der Waals surface area contributed by atoms with Crippen molar-refractivity contribution in [2.45, 2.75) is 31.8 Å². The topological polar surface area (TPSA) is 56.6 Å². The second-order valence-electron chi connectivity index (χ2n) is 6.32. The zero-order chi connectivity index (χ0) is 16.9. The molecule has 1 amide bonds. The fourth-order valence-corrected chi connectivity index (χ4v) is 3.34. The predicted octanol–water partition coefficient (Wildman–Crippen LogP) is 2.31. The van der Waals surface area contributed by atoms with E-state index in [4.69, 9.17) is 10.00 Å². The van der Waals surface area contributed by atoms with Crippen LogP contribution in [-0.4, -0.2) is 49.7 Å². The number of nitrogens with zero attached hydrogens (tertiary/aromatic N) is 3. The van der Waals surface area contributed by atoms with Crippen molar-refractivity contribution in [3.63, 3.8) is 0 Å². The van der Waals surface area contributed by atoms with Crippen LogP contribution in [0.3, 0.4) is 0 Å². The highest BCUT2D eigenvalue weighted by Crippen LogP contribution is 2.22. The third-order valence-electron chi connectivity index (χ3n) is 4.75. The average molecular weight is 331 g/mol. The molecule has 0 aliphatic carbocycles. The molecule has 0 N–H and O–H groups in total. The Bertz CT molecular complexity index is 630. The molecule has 5 nitrogen and oxygen atoms in total. The number of hydrogen-bond acceptors (Lipinski definition) is 4. The molecular weight excluding hydrogens is 309 g/mol. The molecule has 0 bridgehead atoms. The molecule has 2 aliphatic heterocycles. The van der Waals surface area contributed by atoms with Gasteiger partial charge in [0.25, 0.3) is 0 Å². The molecule has 2 heterocycles. The van der Waals surface area contributed by atoms with E-state index in [0.29, 0.717) is 43.9 Å². The first kappa shape index (κ1) is 16.7. The van der Waals surface area contributed by atoms with Crippen molar-refractivity contribution in [1.29, 1.82) is 5.26 Å². The minimum Gasteiger partial charge on any atom is -0.378 e. The Kier molecular flexibility index (Phi) is 5.31. The van der Waals surface area contributed by atoms with Gasteiger partial charge in [0.15, 0.2) is 0 Å². The molecule has 2 saturated heterocycles. The number of piperazine rings is 1. The smallest absolute Gasteiger partial charge is 0.222 e. The third kappa shape index (κ3) is 3.85. The SMILES string of the molecule is N#Cc1ccc(N2CCN(C(=O)CCC3CCCO3)CC2)c(F)c1. The van der Waals surface area contributed by atoms with Crippen LogP contribution in [0.5, 0.6) is 0 Å². The second-order valence-corrected chi connectivity index (χ2v) is 6.32. The number of benzene rings is 1. The Hall–Kier alpha value is -2.13. The van der Waals surface area contributed by atoms with Crippen molar-refractivity contribution >= 4 is 11.6 Å². The molecule has 2 fully saturated rings. The first-order valence-electron chi connectivity index (χ1n) is 8.51. The summed E-state index contributed by atoms with van der Waals surface area (Å²) >= 11 is 0. The van der Waals surface area contributed by atoms with Gasteiger partial charge >= 0.3 is 0 Å². The summed E-state index contributed by atoms with van der Waals surface area (Å²) in [4.78, 5) is 16.1. The number of rotatable bonds is 4. The zero-order valence-electron chi connectivity index (χ0n) is 13.7. The van der Waals surface area contributed by atoms with Crippen LogP contribution in [0.2, 0.25) is 0 Å². The number of carbonyl (C=O) groups excluding carboxylic acids is 1. The van der Waals surface area contributed by atoms with Gasteiger partial charge in [0.1, 0.15) is 5.82 Å². The lowest BCUT2D eigenvalue weighted by Gasteiger charge is -2.36. The lowest BCUT2D eigenvalue weighted by Crippen LogP contribution is -2.49. The lowest BCUT2D eigenvalue weighted by atomic mass is 10.1. The maximum absolute atomic E-state index is 14.1. The monoisotopic (exact) mass is 331 g/mol. The molecule has 1 atom stereocenters. The number of amides is 1. The van der Waals surface area contributed by atoms with E-state index in [1.807, 2.05) is 15.9 Å². The predicted molar refractivity (Wildman–Crippen MR) is 88.1 cm³/mol. The van der Waals surface area contributed by atoms with E-state index in [-0.39, 0.29) is 17.8 Å². The standard InChI is InChI=1S/C18H22FN3O2/c19-16-12-14(13-20)3-5-17(16)21-7-9-22(10-8-21)18(23)6-4-15-2-1-11-24-15/h3,5,12,15H,1-2,4,6-11H2. The van der Waals surface area contributed by atoms with Gasteiger partial charge in [0, 0.05) is 39.2 Å². The van der Waals surface area contributed by atoms with E-state index in [9.17, 15) is 9.18 Å². The lowest BCUT2D eigenvalue weighted by molar-refractivity contribution is -0.132. The summed E-state index contributed by atoms with van der Waals surface area (Å²) in [5.41, 5.74) is 0.819. The van der Waals surface area contributed by atoms with Crippen molar-refractivity contribution in [2.75, 3.05) is 37.7 Å². The Morgan fingerprint density at radius 2 is 2.12 bits per heavy atom. The number of nitriles is 1. The molecule has 1 unspecified atom stereocenters. The van der Waals surface area contributed by atoms with Gasteiger partial charge in [-0.05, 0) is 37.5 Å². The maximum Gasteiger partial charge on any atom is 0.222 e. The molecule has 24 heavy (non-hydrogen) atoms. The van der Waals surface area contributed by atoms with Gasteiger partial charge in [0.2, 0.25) is 5.91 Å². The van der Waals surface area contributed by atoms with Gasteiger partial charge in [-0.15, -0.1) is 0 Å². The molecule has 6 heteroatoms. The molecule has 0 radical (unpaired) electrons. The Morgan fingerprint density at radius 3 is 2.75 bits per heavy atom. The van der Waals surface area contributed by atoms with Crippen LogP contribution in [-0.2, 0) is 9.53 Å². The van der Waals surface area contributed by atoms with E-state index >= 15 is 0 Å². The van der Waals surface area contributed by atoms with Crippen LogP contribution in [0.15, 0.2) is 18.2 Å². The van der Waals surface area contributed by atoms with Crippen molar-refractivity contribution < 1.29 is 13.9 Å². The summed E-state index contributed by atoms with van der Waals surface area (Å²) in [6, 6.07) is 6.46. The van der Waals surface area contributed by atoms with Crippen LogP contribution >= 0.6 is 0 Å². The second kappa shape index (κ2) is 7.63. The normalized spacial score (nSPS) is 20.9. The van der Waals surface area contributed by atoms with Crippen LogP contribution in [0, 0.1) is 17.1 Å². The van der Waals surface area contributed by atoms with Gasteiger partial charge < -0.3 is 14.5 Å². The summed E-state index contributed by atoms with van der Waals surface area (Å²) in [7, 11) is 0. The number of hydrogen-bond donors (Lipinski definition) is 0. The molecular formula is C18H22FN3O2. The largest absolute Gasteiger partial charge is 0.378 e. The zero-order valence-corrected chi connectivity index (χ0v) is 13.7. The van der Waals surface area contributed by atoms with Gasteiger partial charge in [0.05, 0.1) is 23.4 Å². The van der Waals surface area contributed by atoms with Gasteiger partial charge in [-0.2, -0.15) is 5.26 Å². The maximum atomic E-state index is 14.1. The van der Waals surface area contributed by atoms with E-state index in [0.717, 1.165) is 25.9 Å². The molecule has 1 aromatic carbocycles. The number of ether oxygens (including phenoxy) is 1. The van der Waals surface area contributed by atoms with E-state index in [2.05, 4.69) is 0 Å². The molecule has 1 aromatic rings. The third-order valence-corrected chi connectivity index (χ3v) is 4.75. The number of halogens is 1. The van der Waals surface area contributed by atoms with Crippen LogP contribution in [0.25, 0.3) is 0 Å². The summed E-state index contributed by atoms with van der Waals surface area (Å²) in [6.07, 6.45) is 3.70. The molecule has 128 valence electrons. The Morgan fingerprint density at radius 1 is 1.33 bits per heavy atom. The minimum atomic E-state index is -0.382. The quantitative estimate of drug-likeness (QED) is 0.849. The van der Waals surface area contributed by atoms with Crippen molar-refractivity contribution in [3.05, 3.63) is 29.6 Å². The fourth-order valence-electron chi connectivity index (χ4n) is 3.34. The van der Waals surface area contributed by atoms with E-state index in [1.165, 1.54) is 6.07 Å². The summed E-state index contributed by atoms with van der Waals surface area (Å²) in [5, 5.41) is 8.80. The highest BCUT2D eigenvalue weighted by Gasteiger charge is 2.24. The summed E-state index contributed by atoms with van der Waals surface area (Å²) in [6.45, 7) is 3.23. The molecule has 2 aliphatic rings. The molecule has 0 saturated carbocycles. The fraction of sp³-hybridized carbons (Fsp3) is 0.556. The van der Waals surface area contributed by atoms with Crippen molar-refractivity contribution in [2.24, 2.45) is 0 Å². The molecule has 0 aromatic heterocycles. The highest BCUT2D eigenvalue weighted by atomic mass is 19.1. The number of carbonyl (C=O) groups is 1. The van der Waals surface area contributed by atoms with Gasteiger partial charge in [-0.25, -0.2) is 4.39 Å². The molecule has 0 spiro atoms. The summed E-state index contributed by atoms with van der Waals surface area (Å²) < 4.78 is 19.6. The van der Waals surface area contributed by atoms with Gasteiger partial charge in [-0.1, -0.05) is 0 Å². The molecule has 3 rings (SSSR count). The first-order chi connectivity index (χ1) is 11.7. The van der Waals surface area contributed by atoms with Crippen LogP contribution in [0.1, 0.15) is 31.2 Å². The van der Waals surface area contributed by atoms with Crippen molar-refractivity contribution in [1.82, 2.24) is 4.90 Å². The Balaban J connectivity index is 1.50. The van der Waals surface area contributed by atoms with Gasteiger partial charge in [-0.3, -0.25) is 4.79 Å². The average Bonchev–Trinajstić information content (AvgIpc) is 3.13. The highest BCUT2D eigenvalue weighted by molar-refractivity contribution is 5.76.